The molecule has 1 N–H and O–H groups in total. The van der Waals surface area contributed by atoms with E-state index in [0.29, 0.717) is 13.1 Å². The Balaban J connectivity index is 1.73. The second-order valence-electron chi connectivity index (χ2n) is 5.86. The quantitative estimate of drug-likeness (QED) is 0.404. The first kappa shape index (κ1) is 19.0. The molecule has 1 saturated heterocycles. The molecule has 1 heterocycles. The maximum atomic E-state index is 12.6. The number of nitrogens with zero attached hydrogens (tertiary/aromatic N) is 2. The lowest BCUT2D eigenvalue weighted by atomic mass is 10.2. The van der Waals surface area contributed by atoms with Gasteiger partial charge in [-0.1, -0.05) is 24.3 Å². The number of hydrogen-bond acceptors (Lipinski definition) is 4. The molecule has 6 nitrogen and oxygen atoms in total. The van der Waals surface area contributed by atoms with E-state index in [-0.39, 0.29) is 10.5 Å². The van der Waals surface area contributed by atoms with Crippen LogP contribution in [0.1, 0.15) is 28.8 Å². The average molecular weight is 483 g/mol. The van der Waals surface area contributed by atoms with Gasteiger partial charge in [0.2, 0.25) is 10.0 Å². The molecular formula is C18H18IN3O3S. The Kier molecular flexibility index (Phi) is 6.05. The highest BCUT2D eigenvalue weighted by atomic mass is 127. The topological polar surface area (TPSA) is 78.8 Å². The third-order valence-corrected chi connectivity index (χ3v) is 6.95. The van der Waals surface area contributed by atoms with E-state index in [2.05, 4.69) is 33.1 Å². The summed E-state index contributed by atoms with van der Waals surface area (Å²) in [4.78, 5) is 12.4. The molecule has 2 aromatic carbocycles. The van der Waals surface area contributed by atoms with Gasteiger partial charge in [-0.15, -0.1) is 0 Å². The third-order valence-electron chi connectivity index (χ3n) is 4.07. The van der Waals surface area contributed by atoms with Crippen LogP contribution in [-0.4, -0.2) is 37.9 Å². The number of amides is 1. The average Bonchev–Trinajstić information content (AvgIpc) is 3.19. The Bertz CT molecular complexity index is 938. The van der Waals surface area contributed by atoms with Crippen molar-refractivity contribution in [2.75, 3.05) is 13.1 Å². The summed E-state index contributed by atoms with van der Waals surface area (Å²) in [6.45, 7) is 1.05. The normalized spacial score (nSPS) is 15.4. The smallest absolute Gasteiger partial charge is 0.267 e. The first-order valence-electron chi connectivity index (χ1n) is 8.16. The van der Waals surface area contributed by atoms with Crippen LogP contribution >= 0.6 is 22.6 Å². The van der Waals surface area contributed by atoms with Gasteiger partial charge in [0.1, 0.15) is 0 Å². The first-order chi connectivity index (χ1) is 12.5. The van der Waals surface area contributed by atoms with E-state index >= 15 is 0 Å². The first-order valence-corrected chi connectivity index (χ1v) is 10.7. The molecule has 0 atom stereocenters. The van der Waals surface area contributed by atoms with E-state index in [9.17, 15) is 13.2 Å². The summed E-state index contributed by atoms with van der Waals surface area (Å²) in [5.74, 6) is -0.453. The standard InChI is InChI=1S/C18H18IN3O3S/c19-17-9-2-1-6-15(17)13-20-21-18(23)14-7-5-8-16(12-14)26(24,25)22-10-3-4-11-22/h1-2,5-9,12-13H,3-4,10-11H2,(H,21,23)/b20-13-. The minimum Gasteiger partial charge on any atom is -0.267 e. The molecule has 0 radical (unpaired) electrons. The van der Waals surface area contributed by atoms with Crippen molar-refractivity contribution < 1.29 is 13.2 Å². The van der Waals surface area contributed by atoms with Gasteiger partial charge in [-0.25, -0.2) is 13.8 Å². The Hall–Kier alpha value is -1.78. The molecule has 0 saturated carbocycles. The Labute approximate surface area is 166 Å². The fraction of sp³-hybridized carbons (Fsp3) is 0.222. The third kappa shape index (κ3) is 4.30. The van der Waals surface area contributed by atoms with Crippen LogP contribution in [0.4, 0.5) is 0 Å². The van der Waals surface area contributed by atoms with E-state index in [1.807, 2.05) is 24.3 Å². The predicted molar refractivity (Wildman–Crippen MR) is 109 cm³/mol. The molecule has 2 aromatic rings. The molecule has 0 aliphatic carbocycles. The van der Waals surface area contributed by atoms with E-state index in [4.69, 9.17) is 0 Å². The van der Waals surface area contributed by atoms with Crippen LogP contribution in [0, 0.1) is 3.57 Å². The Morgan fingerprint density at radius 3 is 2.58 bits per heavy atom. The molecule has 3 rings (SSSR count). The van der Waals surface area contributed by atoms with Gasteiger partial charge in [-0.2, -0.15) is 9.41 Å². The van der Waals surface area contributed by atoms with Crippen molar-refractivity contribution >= 4 is 44.7 Å². The maximum absolute atomic E-state index is 12.6. The van der Waals surface area contributed by atoms with Gasteiger partial charge in [-0.05, 0) is 59.7 Å². The molecule has 0 unspecified atom stereocenters. The van der Waals surface area contributed by atoms with Crippen molar-refractivity contribution in [2.24, 2.45) is 5.10 Å². The van der Waals surface area contributed by atoms with Crippen LogP contribution in [0.5, 0.6) is 0 Å². The maximum Gasteiger partial charge on any atom is 0.271 e. The lowest BCUT2D eigenvalue weighted by molar-refractivity contribution is 0.0955. The van der Waals surface area contributed by atoms with E-state index in [1.54, 1.807) is 18.3 Å². The zero-order chi connectivity index (χ0) is 18.6. The van der Waals surface area contributed by atoms with Crippen molar-refractivity contribution in [1.29, 1.82) is 0 Å². The molecule has 1 fully saturated rings. The number of sulfonamides is 1. The minimum absolute atomic E-state index is 0.133. The highest BCUT2D eigenvalue weighted by molar-refractivity contribution is 14.1. The van der Waals surface area contributed by atoms with Crippen LogP contribution in [0.3, 0.4) is 0 Å². The van der Waals surface area contributed by atoms with Crippen LogP contribution < -0.4 is 5.43 Å². The second-order valence-corrected chi connectivity index (χ2v) is 8.96. The lowest BCUT2D eigenvalue weighted by Crippen LogP contribution is -2.28. The van der Waals surface area contributed by atoms with Gasteiger partial charge in [0.05, 0.1) is 11.1 Å². The Morgan fingerprint density at radius 1 is 1.12 bits per heavy atom. The molecule has 1 amide bonds. The van der Waals surface area contributed by atoms with Gasteiger partial charge < -0.3 is 0 Å². The fourth-order valence-electron chi connectivity index (χ4n) is 2.68. The van der Waals surface area contributed by atoms with Gasteiger partial charge in [0, 0.05) is 27.8 Å². The van der Waals surface area contributed by atoms with Gasteiger partial charge >= 0.3 is 0 Å². The molecule has 1 aliphatic rings. The van der Waals surface area contributed by atoms with E-state index in [1.165, 1.54) is 16.4 Å². The Morgan fingerprint density at radius 2 is 1.85 bits per heavy atom. The van der Waals surface area contributed by atoms with Crippen molar-refractivity contribution in [3.63, 3.8) is 0 Å². The van der Waals surface area contributed by atoms with Crippen molar-refractivity contribution in [2.45, 2.75) is 17.7 Å². The molecular weight excluding hydrogens is 465 g/mol. The summed E-state index contributed by atoms with van der Waals surface area (Å²) in [6.07, 6.45) is 3.29. The minimum atomic E-state index is -3.55. The molecule has 1 aliphatic heterocycles. The van der Waals surface area contributed by atoms with Crippen LogP contribution in [-0.2, 0) is 10.0 Å². The molecule has 136 valence electrons. The van der Waals surface area contributed by atoms with Crippen molar-refractivity contribution in [1.82, 2.24) is 9.73 Å². The number of rotatable bonds is 5. The summed E-state index contributed by atoms with van der Waals surface area (Å²) >= 11 is 2.19. The number of halogens is 1. The zero-order valence-electron chi connectivity index (χ0n) is 13.9. The molecule has 0 aromatic heterocycles. The summed E-state index contributed by atoms with van der Waals surface area (Å²) in [7, 11) is -3.55. The molecule has 0 spiro atoms. The number of benzene rings is 2. The fourth-order valence-corrected chi connectivity index (χ4v) is 4.77. The van der Waals surface area contributed by atoms with E-state index < -0.39 is 15.9 Å². The summed E-state index contributed by atoms with van der Waals surface area (Å²) < 4.78 is 27.7. The van der Waals surface area contributed by atoms with Gasteiger partial charge in [-0.3, -0.25) is 4.79 Å². The SMILES string of the molecule is O=C(N/N=C\c1ccccc1I)c1cccc(S(=O)(=O)N2CCCC2)c1. The van der Waals surface area contributed by atoms with Crippen LogP contribution in [0.25, 0.3) is 0 Å². The van der Waals surface area contributed by atoms with Crippen LogP contribution in [0.15, 0.2) is 58.5 Å². The number of hydrazone groups is 1. The van der Waals surface area contributed by atoms with E-state index in [0.717, 1.165) is 22.0 Å². The number of carbonyl (C=O) groups excluding carboxylic acids is 1. The summed E-state index contributed by atoms with van der Waals surface area (Å²) in [5, 5.41) is 3.96. The molecule has 0 bridgehead atoms. The summed E-state index contributed by atoms with van der Waals surface area (Å²) in [5.41, 5.74) is 3.58. The number of nitrogens with one attached hydrogen (secondary N) is 1. The predicted octanol–water partition coefficient (Wildman–Crippen LogP) is 2.84. The highest BCUT2D eigenvalue weighted by Crippen LogP contribution is 2.21. The van der Waals surface area contributed by atoms with Crippen molar-refractivity contribution in [3.05, 3.63) is 63.2 Å². The largest absolute Gasteiger partial charge is 0.271 e. The van der Waals surface area contributed by atoms with Gasteiger partial charge in [0.25, 0.3) is 5.91 Å². The van der Waals surface area contributed by atoms with Crippen molar-refractivity contribution in [3.8, 4) is 0 Å². The lowest BCUT2D eigenvalue weighted by Gasteiger charge is -2.15. The molecule has 8 heteroatoms. The zero-order valence-corrected chi connectivity index (χ0v) is 16.9. The number of hydrogen-bond donors (Lipinski definition) is 1. The van der Waals surface area contributed by atoms with Gasteiger partial charge in [0.15, 0.2) is 0 Å². The summed E-state index contributed by atoms with van der Waals surface area (Å²) in [6, 6.07) is 13.7. The molecule has 26 heavy (non-hydrogen) atoms. The van der Waals surface area contributed by atoms with Crippen LogP contribution in [0.2, 0.25) is 0 Å². The number of carbonyl (C=O) groups is 1. The second kappa shape index (κ2) is 8.28. The monoisotopic (exact) mass is 483 g/mol. The highest BCUT2D eigenvalue weighted by Gasteiger charge is 2.27.